The van der Waals surface area contributed by atoms with Crippen molar-refractivity contribution in [1.82, 2.24) is 0 Å². The van der Waals surface area contributed by atoms with Gasteiger partial charge < -0.3 is 19.9 Å². The van der Waals surface area contributed by atoms with Gasteiger partial charge in [0.15, 0.2) is 11.5 Å². The Bertz CT molecular complexity index is 488. The van der Waals surface area contributed by atoms with Crippen LogP contribution in [0.1, 0.15) is 24.8 Å². The first-order chi connectivity index (χ1) is 9.06. The van der Waals surface area contributed by atoms with Gasteiger partial charge in [-0.1, -0.05) is 6.07 Å². The van der Waals surface area contributed by atoms with E-state index in [0.717, 1.165) is 5.56 Å². The van der Waals surface area contributed by atoms with E-state index in [4.69, 9.17) is 19.9 Å². The summed E-state index contributed by atoms with van der Waals surface area (Å²) in [5.41, 5.74) is 6.10. The second kappa shape index (κ2) is 5.09. The minimum absolute atomic E-state index is 0.0231. The Kier molecular flexibility index (Phi) is 3.66. The molecule has 0 amide bonds. The van der Waals surface area contributed by atoms with Crippen LogP contribution in [0.15, 0.2) is 18.2 Å². The van der Waals surface area contributed by atoms with Crippen LogP contribution >= 0.6 is 0 Å². The second-order valence-electron chi connectivity index (χ2n) is 4.63. The summed E-state index contributed by atoms with van der Waals surface area (Å²) in [6.45, 7) is 2.46. The van der Waals surface area contributed by atoms with E-state index in [1.54, 1.807) is 7.11 Å². The van der Waals surface area contributed by atoms with Gasteiger partial charge in [0.05, 0.1) is 20.8 Å². The fourth-order valence-electron chi connectivity index (χ4n) is 2.29. The van der Waals surface area contributed by atoms with E-state index in [0.29, 0.717) is 24.5 Å². The lowest BCUT2D eigenvalue weighted by Crippen LogP contribution is -2.35. The molecule has 5 nitrogen and oxygen atoms in total. The predicted molar refractivity (Wildman–Crippen MR) is 70.5 cm³/mol. The quantitative estimate of drug-likeness (QED) is 0.816. The third-order valence-corrected chi connectivity index (χ3v) is 3.46. The Morgan fingerprint density at radius 1 is 1.42 bits per heavy atom. The molecular weight excluding hydrogens is 246 g/mol. The molecule has 1 aliphatic carbocycles. The normalized spacial score (nSPS) is 24.7. The molecule has 0 heterocycles. The molecule has 1 aromatic rings. The fourth-order valence-corrected chi connectivity index (χ4v) is 2.29. The van der Waals surface area contributed by atoms with Gasteiger partial charge in [0.1, 0.15) is 5.54 Å². The molecule has 104 valence electrons. The number of carbonyl (C=O) groups excluding carboxylic acids is 1. The Balaban J connectivity index is 2.23. The molecule has 0 spiro atoms. The highest BCUT2D eigenvalue weighted by atomic mass is 16.5. The Morgan fingerprint density at radius 2 is 2.16 bits per heavy atom. The summed E-state index contributed by atoms with van der Waals surface area (Å²) in [6, 6.07) is 5.62. The minimum atomic E-state index is -0.896. The highest BCUT2D eigenvalue weighted by Gasteiger charge is 2.59. The average molecular weight is 265 g/mol. The Labute approximate surface area is 112 Å². The van der Waals surface area contributed by atoms with Gasteiger partial charge >= 0.3 is 5.97 Å². The van der Waals surface area contributed by atoms with Crippen LogP contribution in [0.3, 0.4) is 0 Å². The first kappa shape index (κ1) is 13.7. The number of carbonyl (C=O) groups is 1. The molecule has 1 aromatic carbocycles. The zero-order valence-corrected chi connectivity index (χ0v) is 11.4. The van der Waals surface area contributed by atoms with E-state index in [9.17, 15) is 4.79 Å². The fraction of sp³-hybridized carbons (Fsp3) is 0.500. The van der Waals surface area contributed by atoms with Gasteiger partial charge in [0, 0.05) is 5.92 Å². The van der Waals surface area contributed by atoms with Crippen LogP contribution in [0.5, 0.6) is 11.5 Å². The number of methoxy groups -OCH3 is 2. The molecule has 0 saturated heterocycles. The number of esters is 1. The third kappa shape index (κ3) is 2.38. The van der Waals surface area contributed by atoms with E-state index in [-0.39, 0.29) is 11.9 Å². The standard InChI is InChI=1S/C14H19NO4/c1-4-19-12-7-9(5-6-11(12)17-2)10-8-14(10,15)13(16)18-3/h5-7,10H,4,8,15H2,1-3H3. The Hall–Kier alpha value is -1.75. The van der Waals surface area contributed by atoms with Crippen molar-refractivity contribution in [3.05, 3.63) is 23.8 Å². The van der Waals surface area contributed by atoms with Crippen LogP contribution in [0.2, 0.25) is 0 Å². The van der Waals surface area contributed by atoms with Crippen LogP contribution in [-0.4, -0.2) is 32.3 Å². The number of ether oxygens (including phenoxy) is 3. The van der Waals surface area contributed by atoms with Gasteiger partial charge in [-0.25, -0.2) is 0 Å². The van der Waals surface area contributed by atoms with Gasteiger partial charge in [0.25, 0.3) is 0 Å². The summed E-state index contributed by atoms with van der Waals surface area (Å²) >= 11 is 0. The average Bonchev–Trinajstić information content (AvgIpc) is 3.12. The zero-order chi connectivity index (χ0) is 14.0. The molecule has 2 rings (SSSR count). The van der Waals surface area contributed by atoms with Gasteiger partial charge in [-0.05, 0) is 31.0 Å². The molecule has 2 N–H and O–H groups in total. The summed E-state index contributed by atoms with van der Waals surface area (Å²) in [5.74, 6) is 0.949. The van der Waals surface area contributed by atoms with Gasteiger partial charge in [-0.2, -0.15) is 0 Å². The lowest BCUT2D eigenvalue weighted by Gasteiger charge is -2.12. The third-order valence-electron chi connectivity index (χ3n) is 3.46. The monoisotopic (exact) mass is 265 g/mol. The number of rotatable bonds is 5. The SMILES string of the molecule is CCOc1cc(C2CC2(N)C(=O)OC)ccc1OC. The summed E-state index contributed by atoms with van der Waals surface area (Å²) in [4.78, 5) is 11.6. The highest BCUT2D eigenvalue weighted by molar-refractivity contribution is 5.86. The van der Waals surface area contributed by atoms with Crippen molar-refractivity contribution in [1.29, 1.82) is 0 Å². The molecule has 0 bridgehead atoms. The number of hydrogen-bond donors (Lipinski definition) is 1. The van der Waals surface area contributed by atoms with Crippen molar-refractivity contribution in [2.45, 2.75) is 24.8 Å². The van der Waals surface area contributed by atoms with E-state index in [1.165, 1.54) is 7.11 Å². The van der Waals surface area contributed by atoms with Crippen molar-refractivity contribution >= 4 is 5.97 Å². The first-order valence-corrected chi connectivity index (χ1v) is 6.24. The van der Waals surface area contributed by atoms with Crippen LogP contribution in [0.4, 0.5) is 0 Å². The van der Waals surface area contributed by atoms with Crippen LogP contribution < -0.4 is 15.2 Å². The van der Waals surface area contributed by atoms with Crippen molar-refractivity contribution in [3.63, 3.8) is 0 Å². The largest absolute Gasteiger partial charge is 0.493 e. The molecule has 1 fully saturated rings. The Morgan fingerprint density at radius 3 is 2.74 bits per heavy atom. The van der Waals surface area contributed by atoms with E-state index < -0.39 is 5.54 Å². The summed E-state index contributed by atoms with van der Waals surface area (Å²) in [6.07, 6.45) is 0.595. The first-order valence-electron chi connectivity index (χ1n) is 6.24. The maximum atomic E-state index is 11.6. The minimum Gasteiger partial charge on any atom is -0.493 e. The maximum absolute atomic E-state index is 11.6. The van der Waals surface area contributed by atoms with Gasteiger partial charge in [-0.3, -0.25) is 4.79 Å². The lowest BCUT2D eigenvalue weighted by molar-refractivity contribution is -0.143. The van der Waals surface area contributed by atoms with Crippen LogP contribution in [0.25, 0.3) is 0 Å². The smallest absolute Gasteiger partial charge is 0.326 e. The lowest BCUT2D eigenvalue weighted by atomic mass is 10.1. The molecule has 2 atom stereocenters. The van der Waals surface area contributed by atoms with Crippen molar-refractivity contribution in [2.75, 3.05) is 20.8 Å². The van der Waals surface area contributed by atoms with Crippen LogP contribution in [-0.2, 0) is 9.53 Å². The van der Waals surface area contributed by atoms with Gasteiger partial charge in [0.2, 0.25) is 0 Å². The zero-order valence-electron chi connectivity index (χ0n) is 11.4. The number of nitrogens with two attached hydrogens (primary N) is 1. The summed E-state index contributed by atoms with van der Waals surface area (Å²) < 4.78 is 15.5. The molecule has 0 aliphatic heterocycles. The molecule has 1 saturated carbocycles. The molecule has 5 heteroatoms. The van der Waals surface area contributed by atoms with Crippen LogP contribution in [0, 0.1) is 0 Å². The molecular formula is C14H19NO4. The van der Waals surface area contributed by atoms with Gasteiger partial charge in [-0.15, -0.1) is 0 Å². The molecule has 19 heavy (non-hydrogen) atoms. The summed E-state index contributed by atoms with van der Waals surface area (Å²) in [7, 11) is 2.95. The van der Waals surface area contributed by atoms with E-state index in [1.807, 2.05) is 25.1 Å². The second-order valence-corrected chi connectivity index (χ2v) is 4.63. The summed E-state index contributed by atoms with van der Waals surface area (Å²) in [5, 5.41) is 0. The van der Waals surface area contributed by atoms with Crippen molar-refractivity contribution in [2.24, 2.45) is 5.73 Å². The topological polar surface area (TPSA) is 70.8 Å². The van der Waals surface area contributed by atoms with Crippen molar-refractivity contribution < 1.29 is 19.0 Å². The number of hydrogen-bond acceptors (Lipinski definition) is 5. The predicted octanol–water partition coefficient (Wildman–Crippen LogP) is 1.45. The molecule has 0 radical (unpaired) electrons. The molecule has 0 aromatic heterocycles. The number of benzene rings is 1. The van der Waals surface area contributed by atoms with E-state index >= 15 is 0 Å². The molecule has 1 aliphatic rings. The maximum Gasteiger partial charge on any atom is 0.326 e. The van der Waals surface area contributed by atoms with Crippen molar-refractivity contribution in [3.8, 4) is 11.5 Å². The molecule has 2 unspecified atom stereocenters. The van der Waals surface area contributed by atoms with E-state index in [2.05, 4.69) is 0 Å². The highest BCUT2D eigenvalue weighted by Crippen LogP contribution is 2.51.